The number of unbranched alkanes of at least 4 members (excludes halogenated alkanes) is 24. The van der Waals surface area contributed by atoms with Crippen LogP contribution in [0, 0.1) is 0 Å². The van der Waals surface area contributed by atoms with Gasteiger partial charge in [-0.25, -0.2) is 0 Å². The fourth-order valence-corrected chi connectivity index (χ4v) is 7.24. The van der Waals surface area contributed by atoms with Crippen LogP contribution in [-0.4, -0.2) is 37.2 Å². The lowest BCUT2D eigenvalue weighted by molar-refractivity contribution is -0.167. The second-order valence-electron chi connectivity index (χ2n) is 17.4. The summed E-state index contributed by atoms with van der Waals surface area (Å²) >= 11 is 0. The van der Waals surface area contributed by atoms with Gasteiger partial charge >= 0.3 is 17.9 Å². The zero-order valence-corrected chi connectivity index (χ0v) is 41.3. The summed E-state index contributed by atoms with van der Waals surface area (Å²) < 4.78 is 16.8. The van der Waals surface area contributed by atoms with Crippen LogP contribution in [0.1, 0.15) is 252 Å². The first-order valence-electron chi connectivity index (χ1n) is 26.4. The number of rotatable bonds is 47. The van der Waals surface area contributed by atoms with Crippen LogP contribution in [0.5, 0.6) is 0 Å². The number of carbonyl (C=O) groups is 3. The minimum atomic E-state index is -0.802. The van der Waals surface area contributed by atoms with Crippen LogP contribution in [0.4, 0.5) is 0 Å². The summed E-state index contributed by atoms with van der Waals surface area (Å²) in [5.41, 5.74) is 0. The maximum atomic E-state index is 12.8. The largest absolute Gasteiger partial charge is 0.462 e. The summed E-state index contributed by atoms with van der Waals surface area (Å²) in [5, 5.41) is 0. The summed E-state index contributed by atoms with van der Waals surface area (Å²) in [6, 6.07) is 0. The zero-order valence-electron chi connectivity index (χ0n) is 41.3. The van der Waals surface area contributed by atoms with Crippen LogP contribution in [0.25, 0.3) is 0 Å². The Morgan fingerprint density at radius 3 is 1.03 bits per heavy atom. The van der Waals surface area contributed by atoms with Crippen LogP contribution in [-0.2, 0) is 28.6 Å². The molecule has 0 heterocycles. The molecule has 0 spiro atoms. The molecule has 0 bridgehead atoms. The Morgan fingerprint density at radius 2 is 0.635 bits per heavy atom. The summed E-state index contributed by atoms with van der Waals surface area (Å²) in [6.07, 6.45) is 64.6. The molecule has 0 aromatic heterocycles. The molecule has 0 rings (SSSR count). The number of ether oxygens (including phenoxy) is 3. The maximum absolute atomic E-state index is 12.8. The maximum Gasteiger partial charge on any atom is 0.306 e. The van der Waals surface area contributed by atoms with Crippen LogP contribution in [0.15, 0.2) is 72.9 Å². The molecule has 0 radical (unpaired) electrons. The predicted molar refractivity (Wildman–Crippen MR) is 270 cm³/mol. The standard InChI is InChI=1S/C57H98O6/c1-4-7-10-13-16-19-22-25-27-28-30-32-35-38-41-44-47-50-56(59)62-53-54(52-61-55(58)49-46-43-40-37-34-31-24-21-18-15-12-9-6-3)63-57(60)51-48-45-42-39-36-33-29-26-23-20-17-14-11-8-5-2/h8,11,17,20,25-27,29-30,32,38,41,54H,4-7,9-10,12-16,18-19,21-24,28,31,33-37,39-40,42-53H2,1-3H3/b11-8-,20-17-,27-25-,29-26-,32-30-,41-38-/t54-/m0/s1. The van der Waals surface area contributed by atoms with Crippen molar-refractivity contribution in [2.45, 2.75) is 258 Å². The van der Waals surface area contributed by atoms with E-state index in [0.717, 1.165) is 96.3 Å². The van der Waals surface area contributed by atoms with Crippen molar-refractivity contribution in [3.05, 3.63) is 72.9 Å². The molecule has 6 heteroatoms. The van der Waals surface area contributed by atoms with Crippen molar-refractivity contribution in [3.63, 3.8) is 0 Å². The van der Waals surface area contributed by atoms with Crippen molar-refractivity contribution >= 4 is 17.9 Å². The van der Waals surface area contributed by atoms with Gasteiger partial charge in [-0.2, -0.15) is 0 Å². The van der Waals surface area contributed by atoms with Gasteiger partial charge < -0.3 is 14.2 Å². The van der Waals surface area contributed by atoms with Crippen molar-refractivity contribution < 1.29 is 28.6 Å². The van der Waals surface area contributed by atoms with Gasteiger partial charge in [-0.3, -0.25) is 14.4 Å². The molecule has 63 heavy (non-hydrogen) atoms. The van der Waals surface area contributed by atoms with Gasteiger partial charge in [-0.05, 0) is 83.5 Å². The van der Waals surface area contributed by atoms with Gasteiger partial charge in [-0.15, -0.1) is 0 Å². The van der Waals surface area contributed by atoms with E-state index in [9.17, 15) is 14.4 Å². The first kappa shape index (κ1) is 59.9. The van der Waals surface area contributed by atoms with E-state index in [0.29, 0.717) is 19.3 Å². The van der Waals surface area contributed by atoms with Crippen LogP contribution >= 0.6 is 0 Å². The average Bonchev–Trinajstić information content (AvgIpc) is 3.28. The Kier molecular flexibility index (Phi) is 48.9. The lowest BCUT2D eigenvalue weighted by atomic mass is 10.0. The van der Waals surface area contributed by atoms with Gasteiger partial charge in [0.25, 0.3) is 0 Å². The molecule has 362 valence electrons. The lowest BCUT2D eigenvalue weighted by Gasteiger charge is -2.18. The van der Waals surface area contributed by atoms with Gasteiger partial charge in [0.15, 0.2) is 6.10 Å². The normalized spacial score (nSPS) is 12.6. The third-order valence-corrected chi connectivity index (χ3v) is 11.2. The van der Waals surface area contributed by atoms with Crippen molar-refractivity contribution in [1.82, 2.24) is 0 Å². The van der Waals surface area contributed by atoms with E-state index in [4.69, 9.17) is 14.2 Å². The van der Waals surface area contributed by atoms with Crippen molar-refractivity contribution in [2.24, 2.45) is 0 Å². The fraction of sp³-hybridized carbons (Fsp3) is 0.737. The molecule has 0 aliphatic heterocycles. The Labute approximate surface area is 389 Å². The monoisotopic (exact) mass is 879 g/mol. The molecule has 0 amide bonds. The average molecular weight is 879 g/mol. The first-order chi connectivity index (χ1) is 31.0. The third-order valence-electron chi connectivity index (χ3n) is 11.2. The summed E-state index contributed by atoms with van der Waals surface area (Å²) in [6.45, 7) is 6.47. The van der Waals surface area contributed by atoms with E-state index in [1.807, 2.05) is 0 Å². The van der Waals surface area contributed by atoms with Crippen LogP contribution in [0.2, 0.25) is 0 Å². The first-order valence-corrected chi connectivity index (χ1v) is 26.4. The minimum Gasteiger partial charge on any atom is -0.462 e. The Morgan fingerprint density at radius 1 is 0.333 bits per heavy atom. The number of hydrogen-bond donors (Lipinski definition) is 0. The number of carbonyl (C=O) groups excluding carboxylic acids is 3. The summed E-state index contributed by atoms with van der Waals surface area (Å²) in [7, 11) is 0. The molecule has 0 aliphatic rings. The highest BCUT2D eigenvalue weighted by molar-refractivity contribution is 5.71. The van der Waals surface area contributed by atoms with Gasteiger partial charge in [0.05, 0.1) is 0 Å². The van der Waals surface area contributed by atoms with Crippen molar-refractivity contribution in [3.8, 4) is 0 Å². The molecule has 0 aromatic carbocycles. The Hall–Kier alpha value is -3.15. The fourth-order valence-electron chi connectivity index (χ4n) is 7.24. The van der Waals surface area contributed by atoms with Crippen molar-refractivity contribution in [1.29, 1.82) is 0 Å². The third kappa shape index (κ3) is 49.7. The Bertz CT molecular complexity index is 1190. The van der Waals surface area contributed by atoms with E-state index in [1.54, 1.807) is 0 Å². The molecule has 0 saturated carbocycles. The zero-order chi connectivity index (χ0) is 45.8. The molecular weight excluding hydrogens is 781 g/mol. The minimum absolute atomic E-state index is 0.0965. The quantitative estimate of drug-likeness (QED) is 0.0262. The van der Waals surface area contributed by atoms with Gasteiger partial charge in [-0.1, -0.05) is 222 Å². The molecule has 0 aromatic rings. The predicted octanol–water partition coefficient (Wildman–Crippen LogP) is 17.4. The number of hydrogen-bond acceptors (Lipinski definition) is 6. The number of esters is 3. The highest BCUT2D eigenvalue weighted by Crippen LogP contribution is 2.15. The van der Waals surface area contributed by atoms with E-state index in [-0.39, 0.29) is 37.5 Å². The van der Waals surface area contributed by atoms with E-state index >= 15 is 0 Å². The molecule has 0 N–H and O–H groups in total. The number of allylic oxidation sites excluding steroid dienone is 12. The molecule has 0 fully saturated rings. The van der Waals surface area contributed by atoms with Gasteiger partial charge in [0.2, 0.25) is 0 Å². The summed E-state index contributed by atoms with van der Waals surface area (Å²) in [5.74, 6) is -0.965. The molecular formula is C57H98O6. The molecule has 0 aliphatic carbocycles. The van der Waals surface area contributed by atoms with Crippen molar-refractivity contribution in [2.75, 3.05) is 13.2 Å². The molecule has 0 saturated heterocycles. The van der Waals surface area contributed by atoms with Crippen LogP contribution < -0.4 is 0 Å². The SMILES string of the molecule is CC/C=C\C/C=C\C/C=C\CCCCCCCC(=O)O[C@H](COC(=O)CCC/C=C\C/C=C\C/C=C\CCCCCCCC)COC(=O)CCCCCCCCCCCCCCC. The second-order valence-corrected chi connectivity index (χ2v) is 17.4. The summed E-state index contributed by atoms with van der Waals surface area (Å²) in [4.78, 5) is 38.0. The highest BCUT2D eigenvalue weighted by atomic mass is 16.6. The van der Waals surface area contributed by atoms with E-state index in [2.05, 4.69) is 93.7 Å². The second kappa shape index (κ2) is 51.5. The van der Waals surface area contributed by atoms with Gasteiger partial charge in [0, 0.05) is 19.3 Å². The topological polar surface area (TPSA) is 78.9 Å². The molecule has 0 unspecified atom stereocenters. The molecule has 1 atom stereocenters. The highest BCUT2D eigenvalue weighted by Gasteiger charge is 2.19. The van der Waals surface area contributed by atoms with E-state index in [1.165, 1.54) is 109 Å². The van der Waals surface area contributed by atoms with E-state index < -0.39 is 6.10 Å². The lowest BCUT2D eigenvalue weighted by Crippen LogP contribution is -2.30. The molecule has 6 nitrogen and oxygen atoms in total. The Balaban J connectivity index is 4.48. The van der Waals surface area contributed by atoms with Crippen LogP contribution in [0.3, 0.4) is 0 Å². The smallest absolute Gasteiger partial charge is 0.306 e. The van der Waals surface area contributed by atoms with Gasteiger partial charge in [0.1, 0.15) is 13.2 Å².